The lowest BCUT2D eigenvalue weighted by Crippen LogP contribution is -2.39. The van der Waals surface area contributed by atoms with Gasteiger partial charge < -0.3 is 15.1 Å². The zero-order valence-corrected chi connectivity index (χ0v) is 16.9. The second-order valence-corrected chi connectivity index (χ2v) is 8.34. The quantitative estimate of drug-likeness (QED) is 0.844. The average molecular weight is 396 g/mol. The van der Waals surface area contributed by atoms with Crippen LogP contribution in [0.25, 0.3) is 0 Å². The van der Waals surface area contributed by atoms with Crippen molar-refractivity contribution >= 4 is 35.0 Å². The monoisotopic (exact) mass is 395 g/mol. The van der Waals surface area contributed by atoms with Crippen LogP contribution in [0.1, 0.15) is 24.3 Å². The van der Waals surface area contributed by atoms with E-state index in [-0.39, 0.29) is 11.8 Å². The van der Waals surface area contributed by atoms with E-state index in [1.165, 1.54) is 11.3 Å². The highest BCUT2D eigenvalue weighted by Crippen LogP contribution is 2.35. The number of rotatable bonds is 5. The second-order valence-electron chi connectivity index (χ2n) is 7.32. The van der Waals surface area contributed by atoms with Gasteiger partial charge in [0.2, 0.25) is 11.8 Å². The van der Waals surface area contributed by atoms with Gasteiger partial charge in [-0.2, -0.15) is 0 Å². The molecule has 146 valence electrons. The molecule has 0 aliphatic carbocycles. The molecule has 2 aliphatic heterocycles. The predicted octanol–water partition coefficient (Wildman–Crippen LogP) is 3.26. The van der Waals surface area contributed by atoms with Crippen LogP contribution in [0, 0.1) is 0 Å². The number of nitrogens with zero attached hydrogens (tertiary/aromatic N) is 2. The summed E-state index contributed by atoms with van der Waals surface area (Å²) in [4.78, 5) is 29.9. The average Bonchev–Trinajstić information content (AvgIpc) is 2.73. The van der Waals surface area contributed by atoms with Crippen LogP contribution in [0.3, 0.4) is 0 Å². The normalized spacial score (nSPS) is 18.5. The molecule has 6 heteroatoms. The number of benzene rings is 2. The molecular weight excluding hydrogens is 370 g/mol. The van der Waals surface area contributed by atoms with Gasteiger partial charge in [-0.3, -0.25) is 9.59 Å². The van der Waals surface area contributed by atoms with Crippen molar-refractivity contribution in [2.45, 2.75) is 23.7 Å². The summed E-state index contributed by atoms with van der Waals surface area (Å²) in [7, 11) is 2.11. The van der Waals surface area contributed by atoms with E-state index in [9.17, 15) is 9.59 Å². The van der Waals surface area contributed by atoms with Crippen LogP contribution in [0.2, 0.25) is 0 Å². The summed E-state index contributed by atoms with van der Waals surface area (Å²) in [6.07, 6.45) is 1.35. The van der Waals surface area contributed by atoms with Gasteiger partial charge in [0.15, 0.2) is 0 Å². The Hall–Kier alpha value is -2.47. The number of carbonyl (C=O) groups excluding carboxylic acids is 2. The maximum Gasteiger partial charge on any atom is 0.237 e. The number of thioether (sulfide) groups is 1. The van der Waals surface area contributed by atoms with Crippen LogP contribution in [-0.2, 0) is 9.59 Å². The van der Waals surface area contributed by atoms with Crippen molar-refractivity contribution in [2.24, 2.45) is 0 Å². The van der Waals surface area contributed by atoms with Crippen molar-refractivity contribution < 1.29 is 9.59 Å². The third kappa shape index (κ3) is 3.87. The number of nitrogens with one attached hydrogen (secondary N) is 1. The molecule has 0 bridgehead atoms. The second kappa shape index (κ2) is 8.27. The molecule has 2 aliphatic rings. The van der Waals surface area contributed by atoms with Gasteiger partial charge in [-0.05, 0) is 30.2 Å². The minimum absolute atomic E-state index is 0.0000770. The van der Waals surface area contributed by atoms with Gasteiger partial charge in [0.1, 0.15) is 0 Å². The Labute approximate surface area is 170 Å². The van der Waals surface area contributed by atoms with E-state index in [0.29, 0.717) is 31.2 Å². The fourth-order valence-corrected chi connectivity index (χ4v) is 4.89. The van der Waals surface area contributed by atoms with E-state index in [1.54, 1.807) is 16.7 Å². The number of para-hydroxylation sites is 2. The zero-order chi connectivity index (χ0) is 19.5. The Morgan fingerprint density at radius 3 is 2.75 bits per heavy atom. The molecule has 0 unspecified atom stereocenters. The van der Waals surface area contributed by atoms with Gasteiger partial charge in [-0.15, -0.1) is 11.8 Å². The lowest BCUT2D eigenvalue weighted by atomic mass is 9.90. The minimum Gasteiger partial charge on any atom is -0.374 e. The molecule has 5 nitrogen and oxygen atoms in total. The highest BCUT2D eigenvalue weighted by Gasteiger charge is 2.26. The molecule has 0 saturated carbocycles. The van der Waals surface area contributed by atoms with E-state index >= 15 is 0 Å². The topological polar surface area (TPSA) is 52.7 Å². The molecule has 28 heavy (non-hydrogen) atoms. The zero-order valence-electron chi connectivity index (χ0n) is 16.1. The molecule has 0 saturated heterocycles. The molecule has 0 aromatic heterocycles. The number of fused-ring (bicyclic) bond motifs is 2. The maximum absolute atomic E-state index is 12.5. The molecule has 1 N–H and O–H groups in total. The maximum atomic E-state index is 12.5. The van der Waals surface area contributed by atoms with Crippen molar-refractivity contribution in [1.29, 1.82) is 0 Å². The van der Waals surface area contributed by atoms with Gasteiger partial charge in [-0.1, -0.05) is 30.3 Å². The third-order valence-electron chi connectivity index (χ3n) is 5.52. The van der Waals surface area contributed by atoms with Crippen LogP contribution in [0.4, 0.5) is 11.4 Å². The van der Waals surface area contributed by atoms with Crippen molar-refractivity contribution in [3.63, 3.8) is 0 Å². The Morgan fingerprint density at radius 1 is 1.14 bits per heavy atom. The molecule has 0 spiro atoms. The largest absolute Gasteiger partial charge is 0.374 e. The van der Waals surface area contributed by atoms with E-state index in [0.717, 1.165) is 23.5 Å². The standard InChI is InChI=1S/C22H25N3O2S/c1-24-12-10-16(17-6-2-3-7-18(17)24)14-23-21(26)11-13-25-19-8-4-5-9-20(19)28-15-22(25)27/h2-9,16H,10-15H2,1H3,(H,23,26)/t16-/m0/s1. The van der Waals surface area contributed by atoms with Crippen LogP contribution >= 0.6 is 11.8 Å². The number of carbonyl (C=O) groups is 2. The molecule has 0 radical (unpaired) electrons. The number of hydrogen-bond donors (Lipinski definition) is 1. The highest BCUT2D eigenvalue weighted by atomic mass is 32.2. The summed E-state index contributed by atoms with van der Waals surface area (Å²) in [5.74, 6) is 0.844. The van der Waals surface area contributed by atoms with Crippen molar-refractivity contribution in [3.8, 4) is 0 Å². The van der Waals surface area contributed by atoms with E-state index < -0.39 is 0 Å². The molecule has 2 aromatic carbocycles. The first-order valence-electron chi connectivity index (χ1n) is 9.72. The summed E-state index contributed by atoms with van der Waals surface area (Å²) >= 11 is 1.56. The lowest BCUT2D eigenvalue weighted by molar-refractivity contribution is -0.121. The third-order valence-corrected chi connectivity index (χ3v) is 6.56. The van der Waals surface area contributed by atoms with Crippen LogP contribution in [0.5, 0.6) is 0 Å². The van der Waals surface area contributed by atoms with Crippen molar-refractivity contribution in [1.82, 2.24) is 5.32 Å². The Kier molecular flexibility index (Phi) is 5.57. The molecule has 0 fully saturated rings. The summed E-state index contributed by atoms with van der Waals surface area (Å²) in [6, 6.07) is 16.3. The van der Waals surface area contributed by atoms with E-state index in [4.69, 9.17) is 0 Å². The number of anilines is 2. The molecule has 2 heterocycles. The van der Waals surface area contributed by atoms with Crippen molar-refractivity contribution in [2.75, 3.05) is 42.2 Å². The van der Waals surface area contributed by atoms with Gasteiger partial charge in [0.05, 0.1) is 11.4 Å². The van der Waals surface area contributed by atoms with Gasteiger partial charge in [0.25, 0.3) is 0 Å². The Bertz CT molecular complexity index is 886. The lowest BCUT2D eigenvalue weighted by Gasteiger charge is -2.33. The Morgan fingerprint density at radius 2 is 1.89 bits per heavy atom. The summed E-state index contributed by atoms with van der Waals surface area (Å²) in [5.41, 5.74) is 3.47. The summed E-state index contributed by atoms with van der Waals surface area (Å²) in [5, 5.41) is 3.09. The molecule has 1 atom stereocenters. The predicted molar refractivity (Wildman–Crippen MR) is 114 cm³/mol. The first-order chi connectivity index (χ1) is 13.6. The first-order valence-corrected chi connectivity index (χ1v) is 10.7. The van der Waals surface area contributed by atoms with Gasteiger partial charge in [0, 0.05) is 49.6 Å². The van der Waals surface area contributed by atoms with Crippen LogP contribution in [-0.4, -0.2) is 44.2 Å². The molecule has 2 aromatic rings. The molecular formula is C22H25N3O2S. The highest BCUT2D eigenvalue weighted by molar-refractivity contribution is 8.00. The van der Waals surface area contributed by atoms with Gasteiger partial charge in [-0.25, -0.2) is 0 Å². The molecule has 4 rings (SSSR count). The number of hydrogen-bond acceptors (Lipinski definition) is 4. The summed E-state index contributed by atoms with van der Waals surface area (Å²) < 4.78 is 0. The fraction of sp³-hybridized carbons (Fsp3) is 0.364. The fourth-order valence-electron chi connectivity index (χ4n) is 3.96. The Balaban J connectivity index is 1.34. The molecule has 2 amide bonds. The minimum atomic E-state index is -0.0000770. The van der Waals surface area contributed by atoms with Crippen LogP contribution < -0.4 is 15.1 Å². The smallest absolute Gasteiger partial charge is 0.237 e. The van der Waals surface area contributed by atoms with Gasteiger partial charge >= 0.3 is 0 Å². The van der Waals surface area contributed by atoms with E-state index in [2.05, 4.69) is 41.5 Å². The van der Waals surface area contributed by atoms with Crippen LogP contribution in [0.15, 0.2) is 53.4 Å². The number of amides is 2. The van der Waals surface area contributed by atoms with Crippen molar-refractivity contribution in [3.05, 3.63) is 54.1 Å². The first kappa shape index (κ1) is 18.9. The van der Waals surface area contributed by atoms with E-state index in [1.807, 2.05) is 24.3 Å². The SMILES string of the molecule is CN1CC[C@@H](CNC(=O)CCN2C(=O)CSc3ccccc32)c2ccccc21. The summed E-state index contributed by atoms with van der Waals surface area (Å²) in [6.45, 7) is 2.06.